The Morgan fingerprint density at radius 1 is 1.26 bits per heavy atom. The molecule has 19 heavy (non-hydrogen) atoms. The minimum Gasteiger partial charge on any atom is -0.398 e. The highest BCUT2D eigenvalue weighted by Crippen LogP contribution is 2.20. The van der Waals surface area contributed by atoms with Crippen molar-refractivity contribution in [2.24, 2.45) is 5.73 Å². The molecule has 106 valence electrons. The number of carbonyl (C=O) groups is 1. The van der Waals surface area contributed by atoms with E-state index in [4.69, 9.17) is 11.5 Å². The van der Waals surface area contributed by atoms with Gasteiger partial charge in [0, 0.05) is 17.4 Å². The van der Waals surface area contributed by atoms with Crippen molar-refractivity contribution in [2.45, 2.75) is 52.0 Å². The van der Waals surface area contributed by atoms with Crippen LogP contribution in [0.3, 0.4) is 0 Å². The molecule has 0 saturated heterocycles. The Morgan fingerprint density at radius 2 is 2.00 bits per heavy atom. The first-order valence-corrected chi connectivity index (χ1v) is 7.04. The van der Waals surface area contributed by atoms with Crippen LogP contribution in [0.1, 0.15) is 56.3 Å². The molecule has 1 aromatic rings. The Morgan fingerprint density at radius 3 is 2.58 bits per heavy atom. The molecule has 1 rings (SSSR count). The molecule has 1 amide bonds. The van der Waals surface area contributed by atoms with E-state index in [2.05, 4.69) is 19.2 Å². The summed E-state index contributed by atoms with van der Waals surface area (Å²) in [5, 5.41) is 3.47. The summed E-state index contributed by atoms with van der Waals surface area (Å²) >= 11 is 0. The highest BCUT2D eigenvalue weighted by Gasteiger charge is 2.10. The average molecular weight is 263 g/mol. The van der Waals surface area contributed by atoms with Gasteiger partial charge in [0.15, 0.2) is 0 Å². The average Bonchev–Trinajstić information content (AvgIpc) is 2.38. The Hall–Kier alpha value is -1.71. The number of amides is 1. The molecule has 0 saturated carbocycles. The first-order valence-electron chi connectivity index (χ1n) is 7.04. The van der Waals surface area contributed by atoms with E-state index in [0.717, 1.165) is 24.9 Å². The van der Waals surface area contributed by atoms with E-state index in [-0.39, 0.29) is 0 Å². The summed E-state index contributed by atoms with van der Waals surface area (Å²) in [5.74, 6) is -0.484. The van der Waals surface area contributed by atoms with Crippen LogP contribution in [0.2, 0.25) is 0 Å². The lowest BCUT2D eigenvalue weighted by molar-refractivity contribution is 0.100. The first-order chi connectivity index (χ1) is 9.08. The predicted octanol–water partition coefficient (Wildman–Crippen LogP) is 3.14. The highest BCUT2D eigenvalue weighted by atomic mass is 16.1. The van der Waals surface area contributed by atoms with Gasteiger partial charge in [-0.3, -0.25) is 4.79 Å². The van der Waals surface area contributed by atoms with Gasteiger partial charge in [0.25, 0.3) is 5.91 Å². The molecule has 5 N–H and O–H groups in total. The summed E-state index contributed by atoms with van der Waals surface area (Å²) in [6.45, 7) is 4.37. The molecule has 0 radical (unpaired) electrons. The standard InChI is InChI=1S/C15H25N3O/c1-3-5-7-11(6-4-2)18-12-8-9-14(16)13(10-12)15(17)19/h8-11,18H,3-7,16H2,1-2H3,(H2,17,19). The van der Waals surface area contributed by atoms with Gasteiger partial charge in [0.1, 0.15) is 0 Å². The summed E-state index contributed by atoms with van der Waals surface area (Å²) in [5.41, 5.74) is 12.8. The summed E-state index contributed by atoms with van der Waals surface area (Å²) in [7, 11) is 0. The van der Waals surface area contributed by atoms with Gasteiger partial charge in [-0.25, -0.2) is 0 Å². The lowest BCUT2D eigenvalue weighted by Gasteiger charge is -2.19. The van der Waals surface area contributed by atoms with Crippen molar-refractivity contribution in [3.05, 3.63) is 23.8 Å². The zero-order valence-corrected chi connectivity index (χ0v) is 11.9. The number of hydrogen-bond donors (Lipinski definition) is 3. The van der Waals surface area contributed by atoms with Crippen molar-refractivity contribution in [3.63, 3.8) is 0 Å². The van der Waals surface area contributed by atoms with E-state index in [0.29, 0.717) is 17.3 Å². The lowest BCUT2D eigenvalue weighted by atomic mass is 10.0. The maximum Gasteiger partial charge on any atom is 0.250 e. The van der Waals surface area contributed by atoms with Gasteiger partial charge >= 0.3 is 0 Å². The van der Waals surface area contributed by atoms with Crippen LogP contribution in [0.25, 0.3) is 0 Å². The van der Waals surface area contributed by atoms with Crippen molar-refractivity contribution in [2.75, 3.05) is 11.1 Å². The molecular weight excluding hydrogens is 238 g/mol. The van der Waals surface area contributed by atoms with E-state index in [9.17, 15) is 4.79 Å². The quantitative estimate of drug-likeness (QED) is 0.630. The molecule has 4 nitrogen and oxygen atoms in total. The van der Waals surface area contributed by atoms with E-state index >= 15 is 0 Å². The SMILES string of the molecule is CCCCC(CCC)Nc1ccc(N)c(C(N)=O)c1. The van der Waals surface area contributed by atoms with Gasteiger partial charge in [-0.1, -0.05) is 33.1 Å². The normalized spacial score (nSPS) is 12.1. The Kier molecular flexibility index (Phi) is 6.19. The van der Waals surface area contributed by atoms with Gasteiger partial charge in [-0.2, -0.15) is 0 Å². The number of hydrogen-bond acceptors (Lipinski definition) is 3. The molecule has 0 spiro atoms. The fourth-order valence-corrected chi connectivity index (χ4v) is 2.18. The number of nitrogens with two attached hydrogens (primary N) is 2. The van der Waals surface area contributed by atoms with Crippen molar-refractivity contribution in [3.8, 4) is 0 Å². The van der Waals surface area contributed by atoms with Crippen LogP contribution in [-0.4, -0.2) is 11.9 Å². The Balaban J connectivity index is 2.78. The second-order valence-corrected chi connectivity index (χ2v) is 4.94. The van der Waals surface area contributed by atoms with Crippen molar-refractivity contribution >= 4 is 17.3 Å². The first kappa shape index (κ1) is 15.3. The van der Waals surface area contributed by atoms with E-state index in [1.54, 1.807) is 12.1 Å². The maximum absolute atomic E-state index is 11.3. The van der Waals surface area contributed by atoms with Gasteiger partial charge in [0.2, 0.25) is 0 Å². The third-order valence-electron chi connectivity index (χ3n) is 3.23. The number of primary amides is 1. The number of anilines is 2. The van der Waals surface area contributed by atoms with Crippen LogP contribution >= 0.6 is 0 Å². The molecule has 0 heterocycles. The summed E-state index contributed by atoms with van der Waals surface area (Å²) in [4.78, 5) is 11.3. The monoisotopic (exact) mass is 263 g/mol. The lowest BCUT2D eigenvalue weighted by Crippen LogP contribution is -2.20. The van der Waals surface area contributed by atoms with Crippen LogP contribution < -0.4 is 16.8 Å². The van der Waals surface area contributed by atoms with Crippen molar-refractivity contribution in [1.82, 2.24) is 0 Å². The molecule has 4 heteroatoms. The number of benzene rings is 1. The van der Waals surface area contributed by atoms with Gasteiger partial charge in [-0.05, 0) is 31.0 Å². The van der Waals surface area contributed by atoms with Crippen molar-refractivity contribution < 1.29 is 4.79 Å². The summed E-state index contributed by atoms with van der Waals surface area (Å²) in [6, 6.07) is 5.81. The molecule has 1 unspecified atom stereocenters. The van der Waals surface area contributed by atoms with Gasteiger partial charge in [-0.15, -0.1) is 0 Å². The Labute approximate surface area is 115 Å². The molecule has 0 aliphatic carbocycles. The molecule has 0 aliphatic rings. The highest BCUT2D eigenvalue weighted by molar-refractivity contribution is 5.98. The fraction of sp³-hybridized carbons (Fsp3) is 0.533. The molecule has 1 atom stereocenters. The van der Waals surface area contributed by atoms with Crippen LogP contribution in [0.5, 0.6) is 0 Å². The van der Waals surface area contributed by atoms with Crippen LogP contribution in [0.15, 0.2) is 18.2 Å². The van der Waals surface area contributed by atoms with Crippen molar-refractivity contribution in [1.29, 1.82) is 0 Å². The smallest absolute Gasteiger partial charge is 0.250 e. The van der Waals surface area contributed by atoms with Gasteiger partial charge in [0.05, 0.1) is 5.56 Å². The van der Waals surface area contributed by atoms with E-state index in [1.165, 1.54) is 12.8 Å². The summed E-state index contributed by atoms with van der Waals surface area (Å²) < 4.78 is 0. The van der Waals surface area contributed by atoms with Crippen LogP contribution in [-0.2, 0) is 0 Å². The van der Waals surface area contributed by atoms with Gasteiger partial charge < -0.3 is 16.8 Å². The largest absolute Gasteiger partial charge is 0.398 e. The number of unbranched alkanes of at least 4 members (excludes halogenated alkanes) is 1. The molecular formula is C15H25N3O. The fourth-order valence-electron chi connectivity index (χ4n) is 2.18. The number of rotatable bonds is 8. The predicted molar refractivity (Wildman–Crippen MR) is 81.2 cm³/mol. The van der Waals surface area contributed by atoms with E-state index < -0.39 is 5.91 Å². The minimum atomic E-state index is -0.484. The second-order valence-electron chi connectivity index (χ2n) is 4.94. The molecule has 0 bridgehead atoms. The third-order valence-corrected chi connectivity index (χ3v) is 3.23. The molecule has 0 aromatic heterocycles. The molecule has 1 aromatic carbocycles. The topological polar surface area (TPSA) is 81.1 Å². The van der Waals surface area contributed by atoms with Crippen LogP contribution in [0, 0.1) is 0 Å². The number of carbonyl (C=O) groups excluding carboxylic acids is 1. The second kappa shape index (κ2) is 7.67. The summed E-state index contributed by atoms with van der Waals surface area (Å²) in [6.07, 6.45) is 5.79. The maximum atomic E-state index is 11.3. The zero-order chi connectivity index (χ0) is 14.3. The number of nitrogen functional groups attached to an aromatic ring is 1. The third kappa shape index (κ3) is 4.81. The van der Waals surface area contributed by atoms with E-state index in [1.807, 2.05) is 6.07 Å². The number of nitrogens with one attached hydrogen (secondary N) is 1. The van der Waals surface area contributed by atoms with Crippen LogP contribution in [0.4, 0.5) is 11.4 Å². The molecule has 0 aliphatic heterocycles. The Bertz CT molecular complexity index is 418. The minimum absolute atomic E-state index is 0.385. The zero-order valence-electron chi connectivity index (χ0n) is 11.9. The molecule has 0 fully saturated rings.